The van der Waals surface area contributed by atoms with E-state index in [4.69, 9.17) is 9.47 Å². The zero-order valence-corrected chi connectivity index (χ0v) is 14.0. The summed E-state index contributed by atoms with van der Waals surface area (Å²) in [7, 11) is 3.27. The van der Waals surface area contributed by atoms with Crippen LogP contribution >= 0.6 is 15.9 Å². The quantitative estimate of drug-likeness (QED) is 0.800. The van der Waals surface area contributed by atoms with E-state index in [1.807, 2.05) is 18.3 Å². The molecular formula is C15H20BrN3O2. The summed E-state index contributed by atoms with van der Waals surface area (Å²) in [6.07, 6.45) is 4.57. The minimum absolute atomic E-state index is 0.201. The Balaban J connectivity index is 2.11. The first kappa shape index (κ1) is 15.9. The van der Waals surface area contributed by atoms with Gasteiger partial charge in [0.1, 0.15) is 5.82 Å². The number of ether oxygens (including phenoxy) is 2. The largest absolute Gasteiger partial charge is 0.493 e. The highest BCUT2D eigenvalue weighted by Gasteiger charge is 2.13. The first-order valence-corrected chi connectivity index (χ1v) is 7.62. The van der Waals surface area contributed by atoms with Gasteiger partial charge in [-0.3, -0.25) is 0 Å². The zero-order chi connectivity index (χ0) is 15.2. The number of H-pyrrole nitrogens is 1. The topological polar surface area (TPSA) is 59.2 Å². The molecule has 21 heavy (non-hydrogen) atoms. The summed E-state index contributed by atoms with van der Waals surface area (Å²) < 4.78 is 11.6. The summed E-state index contributed by atoms with van der Waals surface area (Å²) in [5.41, 5.74) is 1.12. The summed E-state index contributed by atoms with van der Waals surface area (Å²) in [6.45, 7) is 2.85. The predicted molar refractivity (Wildman–Crippen MR) is 85.7 cm³/mol. The van der Waals surface area contributed by atoms with E-state index in [0.29, 0.717) is 5.75 Å². The molecule has 0 saturated heterocycles. The lowest BCUT2D eigenvalue weighted by molar-refractivity contribution is 0.352. The van der Waals surface area contributed by atoms with Crippen molar-refractivity contribution in [1.29, 1.82) is 0 Å². The first-order valence-electron chi connectivity index (χ1n) is 6.82. The van der Waals surface area contributed by atoms with Crippen molar-refractivity contribution >= 4 is 15.9 Å². The number of imidazole rings is 1. The van der Waals surface area contributed by atoms with Crippen LogP contribution in [0, 0.1) is 0 Å². The molecular weight excluding hydrogens is 334 g/mol. The van der Waals surface area contributed by atoms with E-state index in [2.05, 4.69) is 38.1 Å². The Morgan fingerprint density at radius 2 is 2.14 bits per heavy atom. The van der Waals surface area contributed by atoms with Crippen molar-refractivity contribution in [3.63, 3.8) is 0 Å². The summed E-state index contributed by atoms with van der Waals surface area (Å²) >= 11 is 3.51. The molecule has 6 heteroatoms. The molecule has 5 nitrogen and oxygen atoms in total. The van der Waals surface area contributed by atoms with Gasteiger partial charge in [-0.25, -0.2) is 4.98 Å². The van der Waals surface area contributed by atoms with E-state index in [1.165, 1.54) is 0 Å². The molecule has 1 atom stereocenters. The average Bonchev–Trinajstić information content (AvgIpc) is 3.01. The van der Waals surface area contributed by atoms with Crippen molar-refractivity contribution < 1.29 is 9.47 Å². The lowest BCUT2D eigenvalue weighted by Crippen LogP contribution is -2.21. The van der Waals surface area contributed by atoms with Crippen molar-refractivity contribution in [2.24, 2.45) is 0 Å². The molecule has 2 rings (SSSR count). The van der Waals surface area contributed by atoms with Gasteiger partial charge >= 0.3 is 0 Å². The molecule has 1 unspecified atom stereocenters. The maximum atomic E-state index is 5.36. The number of benzene rings is 1. The van der Waals surface area contributed by atoms with E-state index < -0.39 is 0 Å². The zero-order valence-electron chi connectivity index (χ0n) is 12.4. The van der Waals surface area contributed by atoms with Gasteiger partial charge in [0.05, 0.1) is 24.7 Å². The van der Waals surface area contributed by atoms with Gasteiger partial charge in [-0.05, 0) is 40.0 Å². The number of nitrogens with zero attached hydrogens (tertiary/aromatic N) is 1. The van der Waals surface area contributed by atoms with Gasteiger partial charge in [0.15, 0.2) is 11.5 Å². The number of methoxy groups -OCH3 is 2. The van der Waals surface area contributed by atoms with E-state index in [9.17, 15) is 0 Å². The van der Waals surface area contributed by atoms with Gasteiger partial charge in [0, 0.05) is 18.9 Å². The molecule has 0 saturated carbocycles. The maximum absolute atomic E-state index is 5.36. The van der Waals surface area contributed by atoms with Crippen LogP contribution in [-0.2, 0) is 6.54 Å². The number of hydrogen-bond donors (Lipinski definition) is 2. The summed E-state index contributed by atoms with van der Waals surface area (Å²) in [5, 5.41) is 3.49. The molecule has 1 aromatic heterocycles. The number of hydrogen-bond acceptors (Lipinski definition) is 4. The summed E-state index contributed by atoms with van der Waals surface area (Å²) in [4.78, 5) is 7.46. The molecule has 114 valence electrons. The molecule has 0 spiro atoms. The lowest BCUT2D eigenvalue weighted by Gasteiger charge is -2.16. The average molecular weight is 354 g/mol. The van der Waals surface area contributed by atoms with Gasteiger partial charge in [0.25, 0.3) is 0 Å². The molecule has 0 fully saturated rings. The molecule has 2 aromatic rings. The van der Waals surface area contributed by atoms with Crippen molar-refractivity contribution in [1.82, 2.24) is 15.3 Å². The summed E-state index contributed by atoms with van der Waals surface area (Å²) in [5.74, 6) is 2.38. The Morgan fingerprint density at radius 1 is 1.33 bits per heavy atom. The van der Waals surface area contributed by atoms with Crippen LogP contribution in [0.3, 0.4) is 0 Å². The molecule has 0 radical (unpaired) electrons. The minimum Gasteiger partial charge on any atom is -0.493 e. The van der Waals surface area contributed by atoms with E-state index in [1.54, 1.807) is 20.4 Å². The number of nitrogens with one attached hydrogen (secondary N) is 2. The molecule has 0 aliphatic carbocycles. The Labute approximate surface area is 133 Å². The molecule has 0 amide bonds. The van der Waals surface area contributed by atoms with Crippen molar-refractivity contribution in [2.45, 2.75) is 25.9 Å². The van der Waals surface area contributed by atoms with E-state index in [-0.39, 0.29) is 6.04 Å². The third kappa shape index (κ3) is 3.77. The maximum Gasteiger partial charge on any atom is 0.174 e. The van der Waals surface area contributed by atoms with Gasteiger partial charge < -0.3 is 19.8 Å². The fraction of sp³-hybridized carbons (Fsp3) is 0.400. The second-order valence-electron chi connectivity index (χ2n) is 4.63. The van der Waals surface area contributed by atoms with Crippen LogP contribution in [-0.4, -0.2) is 24.2 Å². The number of aromatic amines is 1. The first-order chi connectivity index (χ1) is 10.2. The van der Waals surface area contributed by atoms with Gasteiger partial charge in [-0.2, -0.15) is 0 Å². The van der Waals surface area contributed by atoms with E-state index in [0.717, 1.165) is 34.6 Å². The predicted octanol–water partition coefficient (Wildman–Crippen LogP) is 3.43. The van der Waals surface area contributed by atoms with Gasteiger partial charge in [-0.1, -0.05) is 6.92 Å². The standard InChI is InChI=1S/C15H20BrN3O2/c1-4-12(15-17-5-6-18-15)19-9-10-7-11(16)14(21-3)13(8-10)20-2/h5-8,12,19H,4,9H2,1-3H3,(H,17,18). The fourth-order valence-electron chi connectivity index (χ4n) is 2.22. The van der Waals surface area contributed by atoms with Crippen LogP contribution < -0.4 is 14.8 Å². The third-order valence-corrected chi connectivity index (χ3v) is 3.89. The van der Waals surface area contributed by atoms with Crippen molar-refractivity contribution in [3.05, 3.63) is 40.4 Å². The van der Waals surface area contributed by atoms with Crippen molar-refractivity contribution in [2.75, 3.05) is 14.2 Å². The highest BCUT2D eigenvalue weighted by molar-refractivity contribution is 9.10. The van der Waals surface area contributed by atoms with Crippen molar-refractivity contribution in [3.8, 4) is 11.5 Å². The molecule has 2 N–H and O–H groups in total. The number of halogens is 1. The highest BCUT2D eigenvalue weighted by Crippen LogP contribution is 2.36. The second kappa shape index (κ2) is 7.47. The molecule has 0 aliphatic rings. The van der Waals surface area contributed by atoms with Crippen LogP contribution in [0.1, 0.15) is 30.8 Å². The Hall–Kier alpha value is -1.53. The van der Waals surface area contributed by atoms with E-state index >= 15 is 0 Å². The molecule has 1 aromatic carbocycles. The summed E-state index contributed by atoms with van der Waals surface area (Å²) in [6, 6.07) is 4.21. The van der Waals surface area contributed by atoms with Crippen LogP contribution in [0.5, 0.6) is 11.5 Å². The van der Waals surface area contributed by atoms with Crippen LogP contribution in [0.15, 0.2) is 29.0 Å². The van der Waals surface area contributed by atoms with Crippen LogP contribution in [0.25, 0.3) is 0 Å². The number of rotatable bonds is 7. The minimum atomic E-state index is 0.201. The molecule has 1 heterocycles. The lowest BCUT2D eigenvalue weighted by atomic mass is 10.1. The molecule has 0 aliphatic heterocycles. The third-order valence-electron chi connectivity index (χ3n) is 3.30. The molecule has 0 bridgehead atoms. The number of aromatic nitrogens is 2. The van der Waals surface area contributed by atoms with Gasteiger partial charge in [-0.15, -0.1) is 0 Å². The van der Waals surface area contributed by atoms with Gasteiger partial charge in [0.2, 0.25) is 0 Å². The normalized spacial score (nSPS) is 12.2. The second-order valence-corrected chi connectivity index (χ2v) is 5.48. The Kier molecular flexibility index (Phi) is 5.64. The smallest absolute Gasteiger partial charge is 0.174 e. The fourth-order valence-corrected chi connectivity index (χ4v) is 2.87. The Morgan fingerprint density at radius 3 is 2.71 bits per heavy atom. The van der Waals surface area contributed by atoms with Crippen LogP contribution in [0.2, 0.25) is 0 Å². The highest BCUT2D eigenvalue weighted by atomic mass is 79.9. The monoisotopic (exact) mass is 353 g/mol. The van der Waals surface area contributed by atoms with Crippen LogP contribution in [0.4, 0.5) is 0 Å². The Bertz CT molecular complexity index is 573. The SMILES string of the molecule is CCC(NCc1cc(Br)c(OC)c(OC)c1)c1ncc[nH]1.